The molecule has 17 heavy (non-hydrogen) atoms. The molecule has 1 heterocycles. The maximum absolute atomic E-state index is 12.0. The molecule has 1 aliphatic rings. The van der Waals surface area contributed by atoms with E-state index in [2.05, 4.69) is 18.6 Å². The Morgan fingerprint density at radius 2 is 1.94 bits per heavy atom. The third-order valence-corrected chi connectivity index (χ3v) is 5.09. The van der Waals surface area contributed by atoms with Crippen molar-refractivity contribution >= 4 is 21.6 Å². The zero-order valence-corrected chi connectivity index (χ0v) is 12.1. The molecule has 0 amide bonds. The number of rotatable bonds is 6. The van der Waals surface area contributed by atoms with Crippen molar-refractivity contribution in [2.24, 2.45) is 5.92 Å². The first-order chi connectivity index (χ1) is 7.92. The highest BCUT2D eigenvalue weighted by Crippen LogP contribution is 2.16. The molecule has 0 saturated carbocycles. The Kier molecular flexibility index (Phi) is 6.20. The van der Waals surface area contributed by atoms with Gasteiger partial charge in [-0.3, -0.25) is 0 Å². The van der Waals surface area contributed by atoms with E-state index in [9.17, 15) is 8.42 Å². The normalized spacial score (nSPS) is 20.7. The number of alkyl halides is 1. The van der Waals surface area contributed by atoms with Gasteiger partial charge in [0.05, 0.1) is 5.25 Å². The van der Waals surface area contributed by atoms with Crippen molar-refractivity contribution in [1.29, 1.82) is 0 Å². The first kappa shape index (κ1) is 15.2. The predicted molar refractivity (Wildman–Crippen MR) is 69.9 cm³/mol. The van der Waals surface area contributed by atoms with Gasteiger partial charge in [-0.2, -0.15) is 0 Å². The molecule has 1 fully saturated rings. The fourth-order valence-electron chi connectivity index (χ4n) is 1.91. The maximum atomic E-state index is 12.0. The van der Waals surface area contributed by atoms with Crippen molar-refractivity contribution in [1.82, 2.24) is 4.72 Å². The Hall–Kier alpha value is 0.160. The molecular weight excluding hydrogens is 262 g/mol. The molecule has 1 saturated heterocycles. The van der Waals surface area contributed by atoms with Crippen LogP contribution in [0.5, 0.6) is 0 Å². The maximum Gasteiger partial charge on any atom is 0.214 e. The van der Waals surface area contributed by atoms with Gasteiger partial charge in [0.15, 0.2) is 0 Å². The van der Waals surface area contributed by atoms with Crippen LogP contribution < -0.4 is 4.72 Å². The summed E-state index contributed by atoms with van der Waals surface area (Å²) in [5, 5.41) is -0.455. The van der Waals surface area contributed by atoms with Crippen LogP contribution in [0, 0.1) is 5.92 Å². The summed E-state index contributed by atoms with van der Waals surface area (Å²) < 4.78 is 31.7. The average Bonchev–Trinajstić information content (AvgIpc) is 2.27. The number of hydrogen-bond acceptors (Lipinski definition) is 3. The van der Waals surface area contributed by atoms with E-state index in [-0.39, 0.29) is 10.6 Å². The lowest BCUT2D eigenvalue weighted by Gasteiger charge is -2.23. The summed E-state index contributed by atoms with van der Waals surface area (Å²) >= 11 is 6.07. The van der Waals surface area contributed by atoms with Crippen molar-refractivity contribution in [2.75, 3.05) is 19.8 Å². The monoisotopic (exact) mass is 283 g/mol. The van der Waals surface area contributed by atoms with Gasteiger partial charge >= 0.3 is 0 Å². The van der Waals surface area contributed by atoms with Gasteiger partial charge in [-0.25, -0.2) is 13.1 Å². The molecule has 0 bridgehead atoms. The molecular formula is C11H22ClNO3S. The van der Waals surface area contributed by atoms with Crippen LogP contribution in [0.3, 0.4) is 0 Å². The number of hydrogen-bond donors (Lipinski definition) is 1. The first-order valence-corrected chi connectivity index (χ1v) is 8.10. The van der Waals surface area contributed by atoms with Crippen LogP contribution in [-0.4, -0.2) is 38.8 Å². The van der Waals surface area contributed by atoms with Gasteiger partial charge < -0.3 is 4.74 Å². The second-order valence-electron chi connectivity index (χ2n) is 4.93. The molecule has 0 aromatic carbocycles. The van der Waals surface area contributed by atoms with Gasteiger partial charge in [0, 0.05) is 25.1 Å². The summed E-state index contributed by atoms with van der Waals surface area (Å²) in [6.45, 7) is 5.52. The van der Waals surface area contributed by atoms with Gasteiger partial charge in [-0.05, 0) is 25.2 Å². The molecule has 4 nitrogen and oxygen atoms in total. The molecule has 1 rings (SSSR count). The molecule has 0 aliphatic carbocycles. The second-order valence-corrected chi connectivity index (χ2v) is 7.59. The van der Waals surface area contributed by atoms with Crippen molar-refractivity contribution in [3.05, 3.63) is 0 Å². The van der Waals surface area contributed by atoms with E-state index >= 15 is 0 Å². The second kappa shape index (κ2) is 6.92. The van der Waals surface area contributed by atoms with Gasteiger partial charge in [0.1, 0.15) is 0 Å². The highest BCUT2D eigenvalue weighted by molar-refractivity contribution is 7.90. The zero-order chi connectivity index (χ0) is 12.9. The van der Waals surface area contributed by atoms with Crippen molar-refractivity contribution in [3.63, 3.8) is 0 Å². The lowest BCUT2D eigenvalue weighted by molar-refractivity contribution is 0.0981. The topological polar surface area (TPSA) is 55.4 Å². The average molecular weight is 284 g/mol. The molecule has 1 aliphatic heterocycles. The Morgan fingerprint density at radius 1 is 1.35 bits per heavy atom. The molecule has 0 aromatic heterocycles. The number of nitrogens with one attached hydrogen (secondary N) is 1. The Bertz CT molecular complexity index is 313. The lowest BCUT2D eigenvalue weighted by Crippen LogP contribution is -2.40. The summed E-state index contributed by atoms with van der Waals surface area (Å²) in [4.78, 5) is 0. The highest BCUT2D eigenvalue weighted by Gasteiger charge is 2.27. The molecule has 6 heteroatoms. The summed E-state index contributed by atoms with van der Waals surface area (Å²) in [6.07, 6.45) is 1.97. The van der Waals surface area contributed by atoms with E-state index in [1.54, 1.807) is 0 Å². The van der Waals surface area contributed by atoms with Crippen LogP contribution in [0.15, 0.2) is 0 Å². The molecule has 1 unspecified atom stereocenters. The minimum atomic E-state index is -3.23. The van der Waals surface area contributed by atoms with Crippen molar-refractivity contribution in [3.8, 4) is 0 Å². The van der Waals surface area contributed by atoms with Crippen LogP contribution in [0.1, 0.15) is 33.1 Å². The first-order valence-electron chi connectivity index (χ1n) is 6.12. The molecule has 1 N–H and O–H groups in total. The van der Waals surface area contributed by atoms with E-state index < -0.39 is 10.0 Å². The number of ether oxygens (including phenoxy) is 1. The number of sulfonamides is 1. The zero-order valence-electron chi connectivity index (χ0n) is 10.5. The van der Waals surface area contributed by atoms with Crippen LogP contribution in [0.2, 0.25) is 0 Å². The highest BCUT2D eigenvalue weighted by atomic mass is 35.5. The summed E-state index contributed by atoms with van der Waals surface area (Å²) in [5.41, 5.74) is 0. The quantitative estimate of drug-likeness (QED) is 0.756. The number of halogens is 1. The van der Waals surface area contributed by atoms with Gasteiger partial charge in [-0.15, -0.1) is 11.6 Å². The minimum absolute atomic E-state index is 0.135. The van der Waals surface area contributed by atoms with Gasteiger partial charge in [0.25, 0.3) is 0 Å². The van der Waals surface area contributed by atoms with E-state index in [1.807, 2.05) is 0 Å². The van der Waals surface area contributed by atoms with Gasteiger partial charge in [-0.1, -0.05) is 13.8 Å². The fraction of sp³-hybridized carbons (Fsp3) is 1.00. The summed E-state index contributed by atoms with van der Waals surface area (Å²) in [5.74, 6) is 0.477. The molecule has 0 radical (unpaired) electrons. The fourth-order valence-corrected chi connectivity index (χ4v) is 3.91. The molecule has 102 valence electrons. The Morgan fingerprint density at radius 3 is 2.47 bits per heavy atom. The smallest absolute Gasteiger partial charge is 0.214 e. The van der Waals surface area contributed by atoms with Crippen LogP contribution in [-0.2, 0) is 14.8 Å². The lowest BCUT2D eigenvalue weighted by atomic mass is 10.1. The molecule has 1 atom stereocenters. The van der Waals surface area contributed by atoms with Gasteiger partial charge in [0.2, 0.25) is 10.0 Å². The third-order valence-electron chi connectivity index (χ3n) is 2.84. The minimum Gasteiger partial charge on any atom is -0.381 e. The van der Waals surface area contributed by atoms with Crippen LogP contribution >= 0.6 is 11.6 Å². The molecule has 0 aromatic rings. The van der Waals surface area contributed by atoms with E-state index in [1.165, 1.54) is 0 Å². The van der Waals surface area contributed by atoms with Crippen molar-refractivity contribution < 1.29 is 13.2 Å². The SMILES string of the molecule is CC(C)CC(Cl)CNS(=O)(=O)C1CCOCC1. The Labute approximate surface area is 109 Å². The summed E-state index contributed by atoms with van der Waals surface area (Å²) in [6, 6.07) is 0. The molecule has 0 spiro atoms. The van der Waals surface area contributed by atoms with Crippen molar-refractivity contribution in [2.45, 2.75) is 43.7 Å². The van der Waals surface area contributed by atoms with E-state index in [4.69, 9.17) is 16.3 Å². The summed E-state index contributed by atoms with van der Waals surface area (Å²) in [7, 11) is -3.23. The third kappa shape index (κ3) is 5.55. The van der Waals surface area contributed by atoms with Crippen LogP contribution in [0.4, 0.5) is 0 Å². The largest absolute Gasteiger partial charge is 0.381 e. The Balaban J connectivity index is 2.38. The van der Waals surface area contributed by atoms with E-state index in [0.717, 1.165) is 6.42 Å². The van der Waals surface area contributed by atoms with Crippen LogP contribution in [0.25, 0.3) is 0 Å². The predicted octanol–water partition coefficient (Wildman–Crippen LogP) is 1.74. The van der Waals surface area contributed by atoms with E-state index in [0.29, 0.717) is 38.5 Å². The standard InChI is InChI=1S/C11H22ClNO3S/c1-9(2)7-10(12)8-13-17(14,15)11-3-5-16-6-4-11/h9-11,13H,3-8H2,1-2H3.